The van der Waals surface area contributed by atoms with Gasteiger partial charge in [-0.3, -0.25) is 19.2 Å². The minimum atomic E-state index is -1.60. The van der Waals surface area contributed by atoms with Gasteiger partial charge in [0.15, 0.2) is 0 Å². The summed E-state index contributed by atoms with van der Waals surface area (Å²) in [7, 11) is 0. The highest BCUT2D eigenvalue weighted by Crippen LogP contribution is 2.19. The number of carboxylic acid groups (broad SMARTS) is 2. The van der Waals surface area contributed by atoms with Gasteiger partial charge >= 0.3 is 11.9 Å². The molecule has 2 rings (SSSR count). The molecule has 8 N–H and O–H groups in total. The standard InChI is InChI=1S/C24H33N5O7S/c1-3-12(2)20(25)23(34)28-16(8-13-10-26-15-7-5-4-6-14(13)15)21(32)27-17(9-19(30)31)22(33)29-18(11-37)24(35)36/h4-7,10,12,16-18,20,26,37H,3,8-9,11,25H2,1-2H3,(H,27,32)(H,28,34)(H,29,33)(H,30,31)(H,35,36). The predicted molar refractivity (Wildman–Crippen MR) is 139 cm³/mol. The largest absolute Gasteiger partial charge is 0.481 e. The number of thiol groups is 1. The first-order valence-corrected chi connectivity index (χ1v) is 12.4. The summed E-state index contributed by atoms with van der Waals surface area (Å²) in [5.74, 6) is -5.59. The maximum atomic E-state index is 13.3. The Morgan fingerprint density at radius 3 is 2.16 bits per heavy atom. The maximum Gasteiger partial charge on any atom is 0.327 e. The molecule has 13 heteroatoms. The monoisotopic (exact) mass is 535 g/mol. The van der Waals surface area contributed by atoms with Crippen LogP contribution in [0.25, 0.3) is 10.9 Å². The van der Waals surface area contributed by atoms with Crippen molar-refractivity contribution in [3.8, 4) is 0 Å². The van der Waals surface area contributed by atoms with Crippen LogP contribution in [0.4, 0.5) is 0 Å². The van der Waals surface area contributed by atoms with Crippen LogP contribution >= 0.6 is 12.6 Å². The van der Waals surface area contributed by atoms with Crippen molar-refractivity contribution in [2.75, 3.05) is 5.75 Å². The van der Waals surface area contributed by atoms with Gasteiger partial charge in [0.25, 0.3) is 0 Å². The highest BCUT2D eigenvalue weighted by atomic mass is 32.1. The zero-order chi connectivity index (χ0) is 27.7. The van der Waals surface area contributed by atoms with E-state index < -0.39 is 60.2 Å². The molecule has 2 aromatic rings. The van der Waals surface area contributed by atoms with Gasteiger partial charge in [0.1, 0.15) is 18.1 Å². The van der Waals surface area contributed by atoms with Gasteiger partial charge in [-0.2, -0.15) is 12.6 Å². The molecule has 0 fully saturated rings. The van der Waals surface area contributed by atoms with Gasteiger partial charge in [-0.15, -0.1) is 0 Å². The number of aromatic amines is 1. The number of carbonyl (C=O) groups is 5. The van der Waals surface area contributed by atoms with Gasteiger partial charge in [0, 0.05) is 29.3 Å². The summed E-state index contributed by atoms with van der Waals surface area (Å²) in [6, 6.07) is 2.26. The van der Waals surface area contributed by atoms with Crippen LogP contribution in [0.3, 0.4) is 0 Å². The quantitative estimate of drug-likeness (QED) is 0.155. The molecule has 1 aromatic heterocycles. The third-order valence-corrected chi connectivity index (χ3v) is 6.47. The van der Waals surface area contributed by atoms with Crippen LogP contribution in [0.1, 0.15) is 32.3 Å². The van der Waals surface area contributed by atoms with Crippen molar-refractivity contribution in [3.05, 3.63) is 36.0 Å². The molecule has 202 valence electrons. The fourth-order valence-electron chi connectivity index (χ4n) is 3.62. The highest BCUT2D eigenvalue weighted by Gasteiger charge is 2.32. The second kappa shape index (κ2) is 13.7. The van der Waals surface area contributed by atoms with Gasteiger partial charge < -0.3 is 36.9 Å². The number of H-pyrrole nitrogens is 1. The molecule has 1 aromatic carbocycles. The molecule has 0 radical (unpaired) electrons. The summed E-state index contributed by atoms with van der Waals surface area (Å²) >= 11 is 3.87. The van der Waals surface area contributed by atoms with Crippen LogP contribution in [0.2, 0.25) is 0 Å². The normalized spacial score (nSPS) is 15.1. The third kappa shape index (κ3) is 8.22. The molecule has 1 heterocycles. The second-order valence-corrected chi connectivity index (χ2v) is 9.14. The Kier molecular flexibility index (Phi) is 10.9. The summed E-state index contributed by atoms with van der Waals surface area (Å²) in [5, 5.41) is 26.4. The minimum absolute atomic E-state index is 0.0185. The molecule has 5 unspecified atom stereocenters. The number of para-hydroxylation sites is 1. The number of benzene rings is 1. The van der Waals surface area contributed by atoms with E-state index in [0.717, 1.165) is 10.9 Å². The molecule has 0 saturated carbocycles. The number of aromatic nitrogens is 1. The van der Waals surface area contributed by atoms with E-state index >= 15 is 0 Å². The lowest BCUT2D eigenvalue weighted by molar-refractivity contribution is -0.143. The van der Waals surface area contributed by atoms with E-state index in [-0.39, 0.29) is 18.1 Å². The van der Waals surface area contributed by atoms with E-state index in [4.69, 9.17) is 5.73 Å². The SMILES string of the molecule is CCC(C)C(N)C(=O)NC(Cc1c[nH]c2ccccc12)C(=O)NC(CC(=O)O)C(=O)NC(CS)C(=O)O. The first kappa shape index (κ1) is 29.6. The molecular formula is C24H33N5O7S. The Morgan fingerprint density at radius 1 is 0.973 bits per heavy atom. The van der Waals surface area contributed by atoms with E-state index in [1.165, 1.54) is 0 Å². The summed E-state index contributed by atoms with van der Waals surface area (Å²) in [6.07, 6.45) is 1.53. The van der Waals surface area contributed by atoms with Crippen molar-refractivity contribution in [3.63, 3.8) is 0 Å². The zero-order valence-corrected chi connectivity index (χ0v) is 21.5. The molecule has 0 aliphatic rings. The average molecular weight is 536 g/mol. The molecule has 0 aliphatic heterocycles. The van der Waals surface area contributed by atoms with E-state index in [1.807, 2.05) is 31.2 Å². The Bertz CT molecular complexity index is 1140. The van der Waals surface area contributed by atoms with Crippen molar-refractivity contribution in [1.82, 2.24) is 20.9 Å². The van der Waals surface area contributed by atoms with Crippen molar-refractivity contribution >= 4 is 53.2 Å². The van der Waals surface area contributed by atoms with Crippen LogP contribution < -0.4 is 21.7 Å². The Balaban J connectivity index is 2.32. The molecule has 3 amide bonds. The number of rotatable bonds is 14. The maximum absolute atomic E-state index is 13.3. The van der Waals surface area contributed by atoms with E-state index in [2.05, 4.69) is 33.6 Å². The first-order chi connectivity index (χ1) is 17.5. The van der Waals surface area contributed by atoms with Gasteiger partial charge in [-0.25, -0.2) is 4.79 Å². The van der Waals surface area contributed by atoms with Gasteiger partial charge in [0.2, 0.25) is 17.7 Å². The molecule has 37 heavy (non-hydrogen) atoms. The Morgan fingerprint density at radius 2 is 1.57 bits per heavy atom. The summed E-state index contributed by atoms with van der Waals surface area (Å²) < 4.78 is 0. The number of fused-ring (bicyclic) bond motifs is 1. The average Bonchev–Trinajstić information content (AvgIpc) is 3.27. The number of nitrogens with two attached hydrogens (primary N) is 1. The smallest absolute Gasteiger partial charge is 0.327 e. The summed E-state index contributed by atoms with van der Waals surface area (Å²) in [5.41, 5.74) is 7.56. The van der Waals surface area contributed by atoms with Crippen molar-refractivity contribution < 1.29 is 34.2 Å². The van der Waals surface area contributed by atoms with Gasteiger partial charge in [-0.05, 0) is 17.5 Å². The lowest BCUT2D eigenvalue weighted by Gasteiger charge is -2.25. The molecule has 12 nitrogen and oxygen atoms in total. The molecule has 0 saturated heterocycles. The van der Waals surface area contributed by atoms with Crippen LogP contribution in [0.5, 0.6) is 0 Å². The number of carbonyl (C=O) groups excluding carboxylic acids is 3. The molecule has 0 spiro atoms. The lowest BCUT2D eigenvalue weighted by Crippen LogP contribution is -2.58. The van der Waals surface area contributed by atoms with Gasteiger partial charge in [0.05, 0.1) is 12.5 Å². The van der Waals surface area contributed by atoms with E-state index in [9.17, 15) is 34.2 Å². The second-order valence-electron chi connectivity index (χ2n) is 8.78. The predicted octanol–water partition coefficient (Wildman–Crippen LogP) is 0.0273. The molecule has 0 aliphatic carbocycles. The van der Waals surface area contributed by atoms with Crippen LogP contribution in [0.15, 0.2) is 30.5 Å². The number of aliphatic carboxylic acids is 2. The topological polar surface area (TPSA) is 204 Å². The lowest BCUT2D eigenvalue weighted by atomic mass is 9.98. The Labute approximate surface area is 219 Å². The fourth-order valence-corrected chi connectivity index (χ4v) is 3.87. The third-order valence-electron chi connectivity index (χ3n) is 6.10. The number of hydrogen-bond donors (Lipinski definition) is 8. The summed E-state index contributed by atoms with van der Waals surface area (Å²) in [6.45, 7) is 3.67. The van der Waals surface area contributed by atoms with Gasteiger partial charge in [-0.1, -0.05) is 38.5 Å². The molecule has 0 bridgehead atoms. The van der Waals surface area contributed by atoms with Crippen molar-refractivity contribution in [1.29, 1.82) is 0 Å². The highest BCUT2D eigenvalue weighted by molar-refractivity contribution is 7.80. The Hall–Kier alpha value is -3.58. The number of amides is 3. The van der Waals surface area contributed by atoms with E-state index in [1.54, 1.807) is 13.1 Å². The number of carboxylic acids is 2. The van der Waals surface area contributed by atoms with E-state index in [0.29, 0.717) is 12.0 Å². The van der Waals surface area contributed by atoms with Crippen LogP contribution in [-0.4, -0.2) is 74.8 Å². The van der Waals surface area contributed by atoms with Crippen LogP contribution in [-0.2, 0) is 30.4 Å². The molecule has 5 atom stereocenters. The van der Waals surface area contributed by atoms with Crippen molar-refractivity contribution in [2.45, 2.75) is 57.3 Å². The van der Waals surface area contributed by atoms with Crippen LogP contribution in [0, 0.1) is 5.92 Å². The molecular weight excluding hydrogens is 502 g/mol. The first-order valence-electron chi connectivity index (χ1n) is 11.8. The summed E-state index contributed by atoms with van der Waals surface area (Å²) in [4.78, 5) is 64.5. The number of nitrogens with one attached hydrogen (secondary N) is 4. The minimum Gasteiger partial charge on any atom is -0.481 e. The number of hydrogen-bond acceptors (Lipinski definition) is 7. The van der Waals surface area contributed by atoms with Crippen molar-refractivity contribution in [2.24, 2.45) is 11.7 Å². The fraction of sp³-hybridized carbons (Fsp3) is 0.458. The zero-order valence-electron chi connectivity index (χ0n) is 20.6.